The summed E-state index contributed by atoms with van der Waals surface area (Å²) in [5, 5.41) is 8.50. The lowest BCUT2D eigenvalue weighted by Crippen LogP contribution is -2.16. The van der Waals surface area contributed by atoms with Crippen molar-refractivity contribution in [1.82, 2.24) is 19.6 Å². The number of rotatable bonds is 5. The van der Waals surface area contributed by atoms with Crippen LogP contribution in [0.2, 0.25) is 0 Å². The molecule has 6 nitrogen and oxygen atoms in total. The van der Waals surface area contributed by atoms with Crippen LogP contribution in [0.3, 0.4) is 0 Å². The summed E-state index contributed by atoms with van der Waals surface area (Å²) in [4.78, 5) is 12.8. The summed E-state index contributed by atoms with van der Waals surface area (Å²) in [6.45, 7) is 4.75. The van der Waals surface area contributed by atoms with Crippen molar-refractivity contribution in [3.63, 3.8) is 0 Å². The summed E-state index contributed by atoms with van der Waals surface area (Å²) in [6, 6.07) is 0. The minimum Gasteiger partial charge on any atom is -0.383 e. The van der Waals surface area contributed by atoms with Crippen LogP contribution in [0.4, 0.5) is 0 Å². The molecule has 0 radical (unpaired) electrons. The van der Waals surface area contributed by atoms with Gasteiger partial charge in [0.15, 0.2) is 0 Å². The molecule has 0 spiro atoms. The lowest BCUT2D eigenvalue weighted by atomic mass is 10.1. The SMILES string of the molecule is COCCn1ncc(Br)c1C(=O)c1c(C)nn(C)c1C. The van der Waals surface area contributed by atoms with Crippen LogP contribution in [0.15, 0.2) is 10.7 Å². The van der Waals surface area contributed by atoms with E-state index in [-0.39, 0.29) is 5.78 Å². The van der Waals surface area contributed by atoms with E-state index in [2.05, 4.69) is 26.1 Å². The second-order valence-corrected chi connectivity index (χ2v) is 5.41. The third kappa shape index (κ3) is 2.55. The van der Waals surface area contributed by atoms with E-state index in [0.717, 1.165) is 11.4 Å². The molecule has 0 atom stereocenters. The lowest BCUT2D eigenvalue weighted by Gasteiger charge is -2.07. The van der Waals surface area contributed by atoms with E-state index in [4.69, 9.17) is 4.74 Å². The fourth-order valence-corrected chi connectivity index (χ4v) is 2.63. The molecular weight excluding hydrogens is 324 g/mol. The fraction of sp³-hybridized carbons (Fsp3) is 0.462. The number of nitrogens with zero attached hydrogens (tertiary/aromatic N) is 4. The van der Waals surface area contributed by atoms with Gasteiger partial charge in [-0.1, -0.05) is 0 Å². The van der Waals surface area contributed by atoms with Gasteiger partial charge in [0, 0.05) is 19.9 Å². The van der Waals surface area contributed by atoms with Gasteiger partial charge in [-0.2, -0.15) is 10.2 Å². The number of carbonyl (C=O) groups is 1. The first-order valence-corrected chi connectivity index (χ1v) is 7.01. The summed E-state index contributed by atoms with van der Waals surface area (Å²) < 4.78 is 9.09. The summed E-state index contributed by atoms with van der Waals surface area (Å²) in [6.07, 6.45) is 1.63. The maximum Gasteiger partial charge on any atom is 0.215 e. The Morgan fingerprint density at radius 3 is 2.70 bits per heavy atom. The van der Waals surface area contributed by atoms with Crippen LogP contribution in [0.1, 0.15) is 27.4 Å². The van der Waals surface area contributed by atoms with E-state index in [1.54, 1.807) is 22.7 Å². The molecule has 2 heterocycles. The zero-order chi connectivity index (χ0) is 14.9. The molecule has 0 saturated heterocycles. The highest BCUT2D eigenvalue weighted by molar-refractivity contribution is 9.10. The molecule has 0 aliphatic heterocycles. The van der Waals surface area contributed by atoms with Gasteiger partial charge in [0.05, 0.1) is 35.1 Å². The fourth-order valence-electron chi connectivity index (χ4n) is 2.16. The molecule has 7 heteroatoms. The van der Waals surface area contributed by atoms with Crippen molar-refractivity contribution in [2.24, 2.45) is 7.05 Å². The topological polar surface area (TPSA) is 61.9 Å². The number of ether oxygens (including phenoxy) is 1. The van der Waals surface area contributed by atoms with E-state index in [1.165, 1.54) is 0 Å². The number of carbonyl (C=O) groups excluding carboxylic acids is 1. The monoisotopic (exact) mass is 340 g/mol. The zero-order valence-corrected chi connectivity index (χ0v) is 13.6. The van der Waals surface area contributed by atoms with Crippen LogP contribution in [0.25, 0.3) is 0 Å². The van der Waals surface area contributed by atoms with Gasteiger partial charge in [0.2, 0.25) is 5.78 Å². The van der Waals surface area contributed by atoms with Gasteiger partial charge in [-0.25, -0.2) is 0 Å². The molecule has 0 unspecified atom stereocenters. The van der Waals surface area contributed by atoms with Gasteiger partial charge in [-0.3, -0.25) is 14.2 Å². The van der Waals surface area contributed by atoms with Crippen LogP contribution in [0.5, 0.6) is 0 Å². The molecule has 108 valence electrons. The summed E-state index contributed by atoms with van der Waals surface area (Å²) >= 11 is 3.39. The standard InChI is InChI=1S/C13H17BrN4O2/c1-8-11(9(2)17(3)16-8)13(19)12-10(14)7-15-18(12)5-6-20-4/h7H,5-6H2,1-4H3. The van der Waals surface area contributed by atoms with Gasteiger partial charge < -0.3 is 4.74 Å². The number of aryl methyl sites for hydroxylation is 2. The van der Waals surface area contributed by atoms with Crippen molar-refractivity contribution >= 4 is 21.7 Å². The van der Waals surface area contributed by atoms with Crippen LogP contribution in [0, 0.1) is 13.8 Å². The molecule has 0 N–H and O–H groups in total. The van der Waals surface area contributed by atoms with Crippen molar-refractivity contribution in [3.05, 3.63) is 33.3 Å². The van der Waals surface area contributed by atoms with E-state index < -0.39 is 0 Å². The molecule has 0 fully saturated rings. The Morgan fingerprint density at radius 2 is 2.15 bits per heavy atom. The first-order chi connectivity index (χ1) is 9.47. The zero-order valence-electron chi connectivity index (χ0n) is 12.0. The Labute approximate surface area is 125 Å². The third-order valence-electron chi connectivity index (χ3n) is 3.25. The summed E-state index contributed by atoms with van der Waals surface area (Å²) in [7, 11) is 3.45. The van der Waals surface area contributed by atoms with Gasteiger partial charge in [0.25, 0.3) is 0 Å². The Bertz CT molecular complexity index is 645. The van der Waals surface area contributed by atoms with Crippen molar-refractivity contribution in [3.8, 4) is 0 Å². The van der Waals surface area contributed by atoms with Gasteiger partial charge in [-0.05, 0) is 29.8 Å². The van der Waals surface area contributed by atoms with Gasteiger partial charge in [0.1, 0.15) is 5.69 Å². The summed E-state index contributed by atoms with van der Waals surface area (Å²) in [5.74, 6) is -0.0754. The van der Waals surface area contributed by atoms with Crippen LogP contribution in [-0.4, -0.2) is 39.1 Å². The second kappa shape index (κ2) is 5.88. The molecule has 0 aliphatic rings. The minimum atomic E-state index is -0.0754. The first kappa shape index (κ1) is 14.9. The molecule has 0 bridgehead atoms. The number of hydrogen-bond donors (Lipinski definition) is 0. The number of halogens is 1. The van der Waals surface area contributed by atoms with Crippen molar-refractivity contribution in [1.29, 1.82) is 0 Å². The predicted molar refractivity (Wildman–Crippen MR) is 77.9 cm³/mol. The molecule has 2 rings (SSSR count). The third-order valence-corrected chi connectivity index (χ3v) is 3.83. The Balaban J connectivity index is 2.45. The average molecular weight is 341 g/mol. The lowest BCUT2D eigenvalue weighted by molar-refractivity contribution is 0.102. The molecule has 0 saturated carbocycles. The average Bonchev–Trinajstić information content (AvgIpc) is 2.88. The highest BCUT2D eigenvalue weighted by atomic mass is 79.9. The first-order valence-electron chi connectivity index (χ1n) is 6.22. The number of aromatic nitrogens is 4. The van der Waals surface area contributed by atoms with Gasteiger partial charge >= 0.3 is 0 Å². The minimum absolute atomic E-state index is 0.0754. The van der Waals surface area contributed by atoms with Crippen LogP contribution in [-0.2, 0) is 18.3 Å². The van der Waals surface area contributed by atoms with Crippen LogP contribution >= 0.6 is 15.9 Å². The van der Waals surface area contributed by atoms with Crippen molar-refractivity contribution in [2.45, 2.75) is 20.4 Å². The highest BCUT2D eigenvalue weighted by Gasteiger charge is 2.24. The predicted octanol–water partition coefficient (Wildman–Crippen LogP) is 1.87. The largest absolute Gasteiger partial charge is 0.383 e. The quantitative estimate of drug-likeness (QED) is 0.779. The number of ketones is 1. The Morgan fingerprint density at radius 1 is 1.45 bits per heavy atom. The molecule has 2 aromatic heterocycles. The molecule has 0 aromatic carbocycles. The number of hydrogen-bond acceptors (Lipinski definition) is 4. The van der Waals surface area contributed by atoms with Crippen molar-refractivity contribution in [2.75, 3.05) is 13.7 Å². The Hall–Kier alpha value is -1.47. The molecular formula is C13H17BrN4O2. The Kier molecular flexibility index (Phi) is 4.39. The summed E-state index contributed by atoms with van der Waals surface area (Å²) in [5.41, 5.74) is 2.73. The molecule has 0 aliphatic carbocycles. The highest BCUT2D eigenvalue weighted by Crippen LogP contribution is 2.23. The maximum atomic E-state index is 12.8. The molecule has 2 aromatic rings. The van der Waals surface area contributed by atoms with E-state index in [1.807, 2.05) is 20.9 Å². The molecule has 0 amide bonds. The van der Waals surface area contributed by atoms with Crippen molar-refractivity contribution < 1.29 is 9.53 Å². The maximum absolute atomic E-state index is 12.8. The van der Waals surface area contributed by atoms with Crippen LogP contribution < -0.4 is 0 Å². The number of methoxy groups -OCH3 is 1. The van der Waals surface area contributed by atoms with E-state index in [9.17, 15) is 4.79 Å². The normalized spacial score (nSPS) is 11.1. The van der Waals surface area contributed by atoms with E-state index >= 15 is 0 Å². The smallest absolute Gasteiger partial charge is 0.215 e. The van der Waals surface area contributed by atoms with Gasteiger partial charge in [-0.15, -0.1) is 0 Å². The molecule has 20 heavy (non-hydrogen) atoms. The second-order valence-electron chi connectivity index (χ2n) is 4.56. The van der Waals surface area contributed by atoms with E-state index in [0.29, 0.717) is 28.9 Å².